The van der Waals surface area contributed by atoms with E-state index in [1.807, 2.05) is 0 Å². The van der Waals surface area contributed by atoms with Gasteiger partial charge >= 0.3 is 0 Å². The fourth-order valence-corrected chi connectivity index (χ4v) is 5.51. The third-order valence-corrected chi connectivity index (χ3v) is 8.58. The number of aliphatic hydroxyl groups excluding tert-OH is 4. The number of carbonyl (C=O) groups excluding carboxylic acids is 3. The Balaban J connectivity index is 2.24. The highest BCUT2D eigenvalue weighted by Gasteiger charge is 2.35. The van der Waals surface area contributed by atoms with Crippen LogP contribution in [0.5, 0.6) is 0 Å². The van der Waals surface area contributed by atoms with Crippen molar-refractivity contribution in [3.05, 3.63) is 0 Å². The van der Waals surface area contributed by atoms with Crippen LogP contribution in [0.1, 0.15) is 98.8 Å². The number of nitrogens with zero attached hydrogens (tertiary/aromatic N) is 1. The molecule has 3 amide bonds. The highest BCUT2D eigenvalue weighted by Crippen LogP contribution is 2.24. The molecule has 1 saturated heterocycles. The van der Waals surface area contributed by atoms with Crippen LogP contribution in [0.2, 0.25) is 0 Å². The first-order valence-corrected chi connectivity index (χ1v) is 17.2. The molecule has 1 fully saturated rings. The van der Waals surface area contributed by atoms with Crippen LogP contribution >= 0.6 is 0 Å². The van der Waals surface area contributed by atoms with Crippen LogP contribution in [0, 0.1) is 11.8 Å². The molecule has 1 rings (SSSR count). The summed E-state index contributed by atoms with van der Waals surface area (Å²) in [6.45, 7) is 10.3. The highest BCUT2D eigenvalue weighted by atomic mass is 16.7. The molecule has 1 aliphatic heterocycles. The Bertz CT molecular complexity index is 847. The molecule has 270 valence electrons. The molecular weight excluding hydrogens is 598 g/mol. The van der Waals surface area contributed by atoms with Gasteiger partial charge in [-0.3, -0.25) is 14.4 Å². The number of nitrogens with one attached hydrogen (secondary N) is 2. The van der Waals surface area contributed by atoms with Gasteiger partial charge in [0.15, 0.2) is 6.29 Å². The van der Waals surface area contributed by atoms with E-state index in [9.17, 15) is 34.8 Å². The van der Waals surface area contributed by atoms with Gasteiger partial charge in [-0.25, -0.2) is 0 Å². The van der Waals surface area contributed by atoms with Crippen molar-refractivity contribution in [1.29, 1.82) is 0 Å². The molecule has 13 heteroatoms. The Labute approximate surface area is 275 Å². The van der Waals surface area contributed by atoms with Crippen LogP contribution in [0.15, 0.2) is 0 Å². The monoisotopic (exact) mass is 661 g/mol. The molecule has 0 spiro atoms. The van der Waals surface area contributed by atoms with Crippen LogP contribution in [0.3, 0.4) is 0 Å². The molecule has 0 aromatic carbocycles. The van der Waals surface area contributed by atoms with E-state index in [1.54, 1.807) is 4.90 Å². The van der Waals surface area contributed by atoms with Gasteiger partial charge in [0, 0.05) is 39.5 Å². The van der Waals surface area contributed by atoms with E-state index in [-0.39, 0.29) is 43.1 Å². The molecule has 0 radical (unpaired) electrons. The van der Waals surface area contributed by atoms with E-state index >= 15 is 0 Å². The highest BCUT2D eigenvalue weighted by molar-refractivity contribution is 5.77. The number of ether oxygens (including phenoxy) is 3. The number of rotatable bonds is 26. The first-order chi connectivity index (χ1) is 22.0. The van der Waals surface area contributed by atoms with Crippen molar-refractivity contribution in [1.82, 2.24) is 15.5 Å². The van der Waals surface area contributed by atoms with E-state index in [0.29, 0.717) is 70.1 Å². The smallest absolute Gasteiger partial charge is 0.222 e. The zero-order chi connectivity index (χ0) is 34.5. The van der Waals surface area contributed by atoms with E-state index < -0.39 is 37.8 Å². The lowest BCUT2D eigenvalue weighted by Gasteiger charge is -2.30. The molecule has 1 aliphatic rings. The minimum absolute atomic E-state index is 0.0309. The number of likely N-dealkylation sites (tertiary alicyclic amines) is 1. The van der Waals surface area contributed by atoms with Crippen molar-refractivity contribution < 1.29 is 49.0 Å². The number of aliphatic hydroxyl groups is 4. The van der Waals surface area contributed by atoms with Crippen molar-refractivity contribution in [2.45, 2.75) is 136 Å². The van der Waals surface area contributed by atoms with E-state index in [2.05, 4.69) is 31.4 Å². The first-order valence-electron chi connectivity index (χ1n) is 17.2. The van der Waals surface area contributed by atoms with Gasteiger partial charge in [0.2, 0.25) is 17.7 Å². The number of carbonyl (C=O) groups is 3. The maximum atomic E-state index is 12.8. The summed E-state index contributed by atoms with van der Waals surface area (Å²) in [5, 5.41) is 44.2. The molecule has 46 heavy (non-hydrogen) atoms. The molecule has 3 unspecified atom stereocenters. The second kappa shape index (κ2) is 24.3. The van der Waals surface area contributed by atoms with Crippen molar-refractivity contribution in [2.75, 3.05) is 46.1 Å². The lowest BCUT2D eigenvalue weighted by Crippen LogP contribution is -2.50. The quantitative estimate of drug-likeness (QED) is 0.0586. The third kappa shape index (κ3) is 16.8. The first kappa shape index (κ1) is 42.2. The molecule has 6 N–H and O–H groups in total. The fraction of sp³-hybridized carbons (Fsp3) is 0.909. The second-order valence-electron chi connectivity index (χ2n) is 12.8. The summed E-state index contributed by atoms with van der Waals surface area (Å²) in [6.07, 6.45) is 3.77. The van der Waals surface area contributed by atoms with Gasteiger partial charge in [-0.05, 0) is 50.9 Å². The topological polar surface area (TPSA) is 187 Å². The molecule has 0 bridgehead atoms. The predicted octanol–water partition coefficient (Wildman–Crippen LogP) is 1.48. The van der Waals surface area contributed by atoms with Gasteiger partial charge in [0.25, 0.3) is 0 Å². The maximum absolute atomic E-state index is 12.8. The normalized spacial score (nSPS) is 19.9. The van der Waals surface area contributed by atoms with Crippen LogP contribution < -0.4 is 10.6 Å². The average Bonchev–Trinajstić information content (AvgIpc) is 3.44. The van der Waals surface area contributed by atoms with Gasteiger partial charge in [0.1, 0.15) is 12.1 Å². The van der Waals surface area contributed by atoms with E-state index in [0.717, 1.165) is 25.7 Å². The van der Waals surface area contributed by atoms with Crippen molar-refractivity contribution >= 4 is 17.7 Å². The second-order valence-corrected chi connectivity index (χ2v) is 12.8. The van der Waals surface area contributed by atoms with Crippen molar-refractivity contribution in [3.8, 4) is 0 Å². The minimum Gasteiger partial charge on any atom is -0.394 e. The Morgan fingerprint density at radius 2 is 1.65 bits per heavy atom. The number of hydrogen-bond donors (Lipinski definition) is 6. The largest absolute Gasteiger partial charge is 0.394 e. The zero-order valence-electron chi connectivity index (χ0n) is 28.8. The lowest BCUT2D eigenvalue weighted by molar-refractivity contribution is -0.214. The van der Waals surface area contributed by atoms with Crippen LogP contribution in [0.25, 0.3) is 0 Å². The molecular formula is C33H63N3O10. The van der Waals surface area contributed by atoms with Gasteiger partial charge in [-0.2, -0.15) is 0 Å². The maximum Gasteiger partial charge on any atom is 0.222 e. The predicted molar refractivity (Wildman–Crippen MR) is 174 cm³/mol. The zero-order valence-corrected chi connectivity index (χ0v) is 28.8. The summed E-state index contributed by atoms with van der Waals surface area (Å²) in [5.74, 6) is 0.662. The molecule has 0 aliphatic carbocycles. The fourth-order valence-electron chi connectivity index (χ4n) is 5.51. The molecule has 0 aromatic heterocycles. The molecule has 1 heterocycles. The summed E-state index contributed by atoms with van der Waals surface area (Å²) in [5.41, 5.74) is 0. The lowest BCUT2D eigenvalue weighted by atomic mass is 9.94. The molecule has 7 atom stereocenters. The van der Waals surface area contributed by atoms with Gasteiger partial charge < -0.3 is 50.2 Å². The van der Waals surface area contributed by atoms with Crippen LogP contribution in [0.4, 0.5) is 0 Å². The van der Waals surface area contributed by atoms with Crippen molar-refractivity contribution in [3.63, 3.8) is 0 Å². The van der Waals surface area contributed by atoms with Gasteiger partial charge in [-0.15, -0.1) is 0 Å². The minimum atomic E-state index is -1.06. The number of hydrogen-bond acceptors (Lipinski definition) is 10. The Morgan fingerprint density at radius 3 is 2.24 bits per heavy atom. The number of unbranched alkanes of at least 4 members (excludes halogenated alkanes) is 4. The summed E-state index contributed by atoms with van der Waals surface area (Å²) in [4.78, 5) is 38.3. The summed E-state index contributed by atoms with van der Waals surface area (Å²) in [6, 6.07) is -1.06. The van der Waals surface area contributed by atoms with Gasteiger partial charge in [0.05, 0.1) is 44.7 Å². The van der Waals surface area contributed by atoms with Crippen molar-refractivity contribution in [2.24, 2.45) is 11.8 Å². The summed E-state index contributed by atoms with van der Waals surface area (Å²) < 4.78 is 17.5. The standard InChI is InChI=1S/C33H63N3O10/c1-6-26(23(2)3)22-45-28-17-27(19-37)36(18-28)32(43)14-10-7-11-15-34-31(42)13-9-8-12-16-44-33(29(20-38)35-25(5)41)46-30(21-39)24(4)40/h23-24,26-30,33,37-40H,6-22H2,1-5H3,(H,34,42)(H,35,41)/t24-,26?,27+,28-,29+,30?,33?/m1/s1. The summed E-state index contributed by atoms with van der Waals surface area (Å²) in [7, 11) is 0. The SMILES string of the molecule is CCC(CO[C@@H]1C[C@@H](CO)N(C(=O)CCCCCNC(=O)CCCCCOC(OC(CO)[C@@H](C)O)[C@H](CO)NC(C)=O)C1)C(C)C. The van der Waals surface area contributed by atoms with Crippen LogP contribution in [-0.4, -0.2) is 126 Å². The molecule has 0 aromatic rings. The average molecular weight is 662 g/mol. The molecule has 13 nitrogen and oxygen atoms in total. The Morgan fingerprint density at radius 1 is 0.957 bits per heavy atom. The Kier molecular flexibility index (Phi) is 22.3. The van der Waals surface area contributed by atoms with Crippen LogP contribution in [-0.2, 0) is 28.6 Å². The summed E-state index contributed by atoms with van der Waals surface area (Å²) >= 11 is 0. The third-order valence-electron chi connectivity index (χ3n) is 8.58. The number of amides is 3. The van der Waals surface area contributed by atoms with E-state index in [4.69, 9.17) is 14.2 Å². The van der Waals surface area contributed by atoms with E-state index in [1.165, 1.54) is 13.8 Å². The molecule has 0 saturated carbocycles. The van der Waals surface area contributed by atoms with Gasteiger partial charge in [-0.1, -0.05) is 40.0 Å². The Hall–Kier alpha value is -1.87.